The van der Waals surface area contributed by atoms with Gasteiger partial charge >= 0.3 is 12.3 Å². The van der Waals surface area contributed by atoms with E-state index in [0.717, 1.165) is 0 Å². The predicted molar refractivity (Wildman–Crippen MR) is 67.3 cm³/mol. The molecular formula is C13H13F2NO5. The van der Waals surface area contributed by atoms with Crippen molar-refractivity contribution in [2.75, 3.05) is 5.32 Å². The molecule has 1 aromatic rings. The number of rotatable bonds is 5. The number of aliphatic carboxylic acids is 1. The minimum absolute atomic E-state index is 0.0108. The minimum atomic E-state index is -3.71. The highest BCUT2D eigenvalue weighted by atomic mass is 19.3. The first-order valence-electron chi connectivity index (χ1n) is 6.17. The van der Waals surface area contributed by atoms with Crippen LogP contribution in [-0.2, 0) is 9.59 Å². The molecule has 0 fully saturated rings. The number of hydrogen-bond acceptors (Lipinski definition) is 4. The summed E-state index contributed by atoms with van der Waals surface area (Å²) in [6.45, 7) is 1.63. The minimum Gasteiger partial charge on any atom is -0.481 e. The first-order valence-corrected chi connectivity index (χ1v) is 6.17. The maximum absolute atomic E-state index is 12.8. The topological polar surface area (TPSA) is 84.9 Å². The highest BCUT2D eigenvalue weighted by Crippen LogP contribution is 2.42. The SMILES string of the molecule is CC(CC(=O)O)CC(=O)Nc1ccc2c(c1)OC(F)(F)O2. The molecule has 1 atom stereocenters. The van der Waals surface area contributed by atoms with Crippen molar-refractivity contribution < 1.29 is 33.0 Å². The number of benzene rings is 1. The fourth-order valence-electron chi connectivity index (χ4n) is 1.93. The van der Waals surface area contributed by atoms with E-state index in [1.54, 1.807) is 6.92 Å². The molecule has 1 aromatic carbocycles. The number of alkyl halides is 2. The van der Waals surface area contributed by atoms with Crippen LogP contribution in [0.3, 0.4) is 0 Å². The lowest BCUT2D eigenvalue weighted by molar-refractivity contribution is -0.286. The molecule has 2 rings (SSSR count). The van der Waals surface area contributed by atoms with Gasteiger partial charge in [0, 0.05) is 24.6 Å². The molecule has 0 saturated heterocycles. The lowest BCUT2D eigenvalue weighted by Crippen LogP contribution is -2.25. The highest BCUT2D eigenvalue weighted by molar-refractivity contribution is 5.91. The Morgan fingerprint density at radius 2 is 1.95 bits per heavy atom. The summed E-state index contributed by atoms with van der Waals surface area (Å²) in [4.78, 5) is 22.2. The summed E-state index contributed by atoms with van der Waals surface area (Å²) in [6, 6.07) is 3.87. The van der Waals surface area contributed by atoms with E-state index in [4.69, 9.17) is 5.11 Å². The van der Waals surface area contributed by atoms with Crippen molar-refractivity contribution in [3.8, 4) is 11.5 Å². The third-order valence-corrected chi connectivity index (χ3v) is 2.74. The zero-order valence-corrected chi connectivity index (χ0v) is 11.1. The van der Waals surface area contributed by atoms with E-state index in [2.05, 4.69) is 14.8 Å². The number of carboxylic acid groups (broad SMARTS) is 1. The van der Waals surface area contributed by atoms with E-state index in [-0.39, 0.29) is 35.9 Å². The Balaban J connectivity index is 1.95. The molecule has 1 amide bonds. The van der Waals surface area contributed by atoms with Gasteiger partial charge in [-0.2, -0.15) is 0 Å². The molecule has 0 bridgehead atoms. The van der Waals surface area contributed by atoms with Crippen LogP contribution in [0.25, 0.3) is 0 Å². The third-order valence-electron chi connectivity index (χ3n) is 2.74. The van der Waals surface area contributed by atoms with Gasteiger partial charge in [-0.25, -0.2) is 0 Å². The molecule has 1 aliphatic rings. The predicted octanol–water partition coefficient (Wildman–Crippen LogP) is 2.45. The summed E-state index contributed by atoms with van der Waals surface area (Å²) in [5, 5.41) is 11.1. The van der Waals surface area contributed by atoms with Gasteiger partial charge in [0.05, 0.1) is 0 Å². The lowest BCUT2D eigenvalue weighted by Gasteiger charge is -2.09. The molecule has 6 nitrogen and oxygen atoms in total. The van der Waals surface area contributed by atoms with E-state index in [0.29, 0.717) is 0 Å². The van der Waals surface area contributed by atoms with Gasteiger partial charge in [-0.3, -0.25) is 9.59 Å². The number of ether oxygens (including phenoxy) is 2. The molecule has 0 spiro atoms. The number of carbonyl (C=O) groups excluding carboxylic acids is 1. The Labute approximate surface area is 118 Å². The van der Waals surface area contributed by atoms with Crippen LogP contribution in [0.15, 0.2) is 18.2 Å². The van der Waals surface area contributed by atoms with E-state index >= 15 is 0 Å². The average Bonchev–Trinajstić information content (AvgIpc) is 2.60. The second kappa shape index (κ2) is 5.55. The summed E-state index contributed by atoms with van der Waals surface area (Å²) < 4.78 is 34.2. The zero-order valence-electron chi connectivity index (χ0n) is 11.1. The standard InChI is InChI=1S/C13H13F2NO5/c1-7(5-12(18)19)4-11(17)16-8-2-3-9-10(6-8)21-13(14,15)20-9/h2-3,6-7H,4-5H2,1H3,(H,16,17)(H,18,19). The third kappa shape index (κ3) is 4.04. The van der Waals surface area contributed by atoms with Crippen LogP contribution in [0.5, 0.6) is 11.5 Å². The van der Waals surface area contributed by atoms with Crippen LogP contribution in [0.1, 0.15) is 19.8 Å². The smallest absolute Gasteiger partial charge is 0.481 e. The van der Waals surface area contributed by atoms with Crippen molar-refractivity contribution in [2.45, 2.75) is 26.1 Å². The molecule has 8 heteroatoms. The van der Waals surface area contributed by atoms with Gasteiger partial charge in [-0.05, 0) is 18.1 Å². The van der Waals surface area contributed by atoms with Crippen LogP contribution in [0.2, 0.25) is 0 Å². The van der Waals surface area contributed by atoms with Crippen LogP contribution in [-0.4, -0.2) is 23.3 Å². The maximum atomic E-state index is 12.8. The first kappa shape index (κ1) is 15.0. The van der Waals surface area contributed by atoms with E-state index in [9.17, 15) is 18.4 Å². The summed E-state index contributed by atoms with van der Waals surface area (Å²) in [5.41, 5.74) is 0.266. The number of nitrogens with one attached hydrogen (secondary N) is 1. The number of amides is 1. The van der Waals surface area contributed by atoms with Crippen LogP contribution in [0.4, 0.5) is 14.5 Å². The molecule has 1 aliphatic heterocycles. The quantitative estimate of drug-likeness (QED) is 0.872. The highest BCUT2D eigenvalue weighted by Gasteiger charge is 2.43. The first-order chi connectivity index (χ1) is 9.75. The fraction of sp³-hybridized carbons (Fsp3) is 0.385. The Kier molecular flexibility index (Phi) is 3.97. The molecule has 0 radical (unpaired) electrons. The molecule has 1 unspecified atom stereocenters. The molecule has 0 aromatic heterocycles. The summed E-state index contributed by atoms with van der Waals surface area (Å²) in [7, 11) is 0. The van der Waals surface area contributed by atoms with Crippen molar-refractivity contribution in [3.05, 3.63) is 18.2 Å². The number of hydrogen-bond donors (Lipinski definition) is 2. The molecule has 0 aliphatic carbocycles. The van der Waals surface area contributed by atoms with Gasteiger partial charge in [0.1, 0.15) is 0 Å². The number of carboxylic acids is 1. The van der Waals surface area contributed by atoms with Gasteiger partial charge in [0.25, 0.3) is 0 Å². The molecular weight excluding hydrogens is 288 g/mol. The number of fused-ring (bicyclic) bond motifs is 1. The molecule has 1 heterocycles. The molecule has 114 valence electrons. The average molecular weight is 301 g/mol. The fourth-order valence-corrected chi connectivity index (χ4v) is 1.93. The Bertz CT molecular complexity index is 576. The molecule has 21 heavy (non-hydrogen) atoms. The number of halogens is 2. The maximum Gasteiger partial charge on any atom is 0.586 e. The van der Waals surface area contributed by atoms with E-state index in [1.807, 2.05) is 0 Å². The Morgan fingerprint density at radius 3 is 2.62 bits per heavy atom. The summed E-state index contributed by atoms with van der Waals surface area (Å²) in [6.07, 6.45) is -3.82. The summed E-state index contributed by atoms with van der Waals surface area (Å²) >= 11 is 0. The number of anilines is 1. The van der Waals surface area contributed by atoms with Gasteiger partial charge in [0.2, 0.25) is 5.91 Å². The summed E-state index contributed by atoms with van der Waals surface area (Å²) in [5.74, 6) is -2.01. The van der Waals surface area contributed by atoms with Gasteiger partial charge in [-0.15, -0.1) is 8.78 Å². The van der Waals surface area contributed by atoms with Crippen molar-refractivity contribution in [3.63, 3.8) is 0 Å². The lowest BCUT2D eigenvalue weighted by atomic mass is 10.0. The van der Waals surface area contributed by atoms with Crippen LogP contribution >= 0.6 is 0 Å². The van der Waals surface area contributed by atoms with Gasteiger partial charge in [0.15, 0.2) is 11.5 Å². The van der Waals surface area contributed by atoms with Crippen LogP contribution < -0.4 is 14.8 Å². The van der Waals surface area contributed by atoms with Crippen molar-refractivity contribution in [2.24, 2.45) is 5.92 Å². The van der Waals surface area contributed by atoms with Crippen molar-refractivity contribution in [1.82, 2.24) is 0 Å². The largest absolute Gasteiger partial charge is 0.586 e. The van der Waals surface area contributed by atoms with Gasteiger partial charge < -0.3 is 19.9 Å². The normalized spacial score (nSPS) is 16.3. The monoisotopic (exact) mass is 301 g/mol. The second-order valence-corrected chi connectivity index (χ2v) is 4.78. The number of carbonyl (C=O) groups is 2. The Morgan fingerprint density at radius 1 is 1.29 bits per heavy atom. The van der Waals surface area contributed by atoms with E-state index < -0.39 is 18.2 Å². The van der Waals surface area contributed by atoms with Crippen molar-refractivity contribution >= 4 is 17.6 Å². The van der Waals surface area contributed by atoms with Gasteiger partial charge in [-0.1, -0.05) is 6.92 Å². The Hall–Kier alpha value is -2.38. The molecule has 0 saturated carbocycles. The second-order valence-electron chi connectivity index (χ2n) is 4.78. The van der Waals surface area contributed by atoms with E-state index in [1.165, 1.54) is 18.2 Å². The molecule has 2 N–H and O–H groups in total. The van der Waals surface area contributed by atoms with Crippen LogP contribution in [0, 0.1) is 5.92 Å². The van der Waals surface area contributed by atoms with Crippen molar-refractivity contribution in [1.29, 1.82) is 0 Å². The zero-order chi connectivity index (χ0) is 15.6.